The summed E-state index contributed by atoms with van der Waals surface area (Å²) in [7, 11) is 3.16. The van der Waals surface area contributed by atoms with Crippen molar-refractivity contribution in [3.05, 3.63) is 70.4 Å². The first-order chi connectivity index (χ1) is 15.0. The van der Waals surface area contributed by atoms with E-state index in [1.165, 1.54) is 5.56 Å². The van der Waals surface area contributed by atoms with Gasteiger partial charge in [-0.15, -0.1) is 0 Å². The van der Waals surface area contributed by atoms with Crippen LogP contribution >= 0.6 is 0 Å². The Bertz CT molecular complexity index is 1200. The summed E-state index contributed by atoms with van der Waals surface area (Å²) in [6, 6.07) is 15.9. The molecular weight excluding hydrogens is 392 g/mol. The van der Waals surface area contributed by atoms with Crippen LogP contribution in [0.1, 0.15) is 29.3 Å². The molecule has 0 fully saturated rings. The predicted molar refractivity (Wildman–Crippen MR) is 117 cm³/mol. The zero-order chi connectivity index (χ0) is 22.1. The summed E-state index contributed by atoms with van der Waals surface area (Å²) >= 11 is 0. The first-order valence-electron chi connectivity index (χ1n) is 10.0. The topological polar surface area (TPSA) is 95.3 Å². The third-order valence-corrected chi connectivity index (χ3v) is 5.44. The molecule has 31 heavy (non-hydrogen) atoms. The summed E-state index contributed by atoms with van der Waals surface area (Å²) in [6.07, 6.45) is 0.0423. The normalized spacial score (nSPS) is 15.2. The fraction of sp³-hybridized carbons (Fsp3) is 0.250. The van der Waals surface area contributed by atoms with E-state index in [9.17, 15) is 5.26 Å². The van der Waals surface area contributed by atoms with E-state index in [4.69, 9.17) is 25.0 Å². The maximum Gasteiger partial charge on any atom is 0.226 e. The number of ether oxygens (including phenoxy) is 3. The van der Waals surface area contributed by atoms with Gasteiger partial charge in [0.2, 0.25) is 5.88 Å². The highest BCUT2D eigenvalue weighted by Gasteiger charge is 2.33. The number of hydrogen-bond donors (Lipinski definition) is 1. The Morgan fingerprint density at radius 1 is 1.13 bits per heavy atom. The molecule has 158 valence electrons. The number of nitriles is 1. The number of methoxy groups -OCH3 is 2. The highest BCUT2D eigenvalue weighted by atomic mass is 16.5. The fourth-order valence-electron chi connectivity index (χ4n) is 3.82. The van der Waals surface area contributed by atoms with Crippen LogP contribution in [0.5, 0.6) is 17.4 Å². The lowest BCUT2D eigenvalue weighted by molar-refractivity contribution is 0.228. The van der Waals surface area contributed by atoms with Crippen LogP contribution in [0.25, 0.3) is 11.3 Å². The van der Waals surface area contributed by atoms with E-state index in [1.54, 1.807) is 25.0 Å². The van der Waals surface area contributed by atoms with E-state index in [1.807, 2.05) is 31.2 Å². The van der Waals surface area contributed by atoms with E-state index in [2.05, 4.69) is 25.1 Å². The van der Waals surface area contributed by atoms with E-state index in [0.717, 1.165) is 28.9 Å². The van der Waals surface area contributed by atoms with E-state index in [0.29, 0.717) is 28.5 Å². The molecule has 1 aromatic heterocycles. The molecule has 2 aromatic carbocycles. The highest BCUT2D eigenvalue weighted by Crippen LogP contribution is 2.43. The maximum absolute atomic E-state index is 9.87. The SMILES string of the molecule is CCc1ccc(-n2nc(C)c3c2OC(N)C(C#N)=C3c2ccc(OC)c(OC)c2)cc1. The summed E-state index contributed by atoms with van der Waals surface area (Å²) in [5.41, 5.74) is 11.6. The van der Waals surface area contributed by atoms with Gasteiger partial charge in [0.05, 0.1) is 36.7 Å². The second kappa shape index (κ2) is 8.17. The molecule has 0 bridgehead atoms. The molecule has 2 heterocycles. The van der Waals surface area contributed by atoms with Crippen LogP contribution in [0.15, 0.2) is 48.0 Å². The Hall–Kier alpha value is -3.76. The van der Waals surface area contributed by atoms with Gasteiger partial charge in [-0.05, 0) is 48.7 Å². The van der Waals surface area contributed by atoms with Crippen molar-refractivity contribution in [1.82, 2.24) is 9.78 Å². The van der Waals surface area contributed by atoms with Gasteiger partial charge in [0.25, 0.3) is 0 Å². The van der Waals surface area contributed by atoms with Gasteiger partial charge in [-0.2, -0.15) is 10.4 Å². The molecule has 0 amide bonds. The van der Waals surface area contributed by atoms with Crippen molar-refractivity contribution < 1.29 is 14.2 Å². The monoisotopic (exact) mass is 416 g/mol. The molecule has 0 aliphatic carbocycles. The van der Waals surface area contributed by atoms with Gasteiger partial charge in [0.15, 0.2) is 17.7 Å². The van der Waals surface area contributed by atoms with E-state index in [-0.39, 0.29) is 0 Å². The van der Waals surface area contributed by atoms with E-state index >= 15 is 0 Å². The quantitative estimate of drug-likeness (QED) is 0.680. The van der Waals surface area contributed by atoms with Gasteiger partial charge < -0.3 is 14.2 Å². The lowest BCUT2D eigenvalue weighted by Gasteiger charge is -2.25. The maximum atomic E-state index is 9.87. The van der Waals surface area contributed by atoms with Crippen molar-refractivity contribution in [2.75, 3.05) is 14.2 Å². The molecule has 0 spiro atoms. The largest absolute Gasteiger partial charge is 0.493 e. The molecule has 1 unspecified atom stereocenters. The third-order valence-electron chi connectivity index (χ3n) is 5.44. The summed E-state index contributed by atoms with van der Waals surface area (Å²) in [5, 5.41) is 14.6. The van der Waals surface area contributed by atoms with Crippen LogP contribution < -0.4 is 19.9 Å². The number of benzene rings is 2. The Morgan fingerprint density at radius 3 is 2.45 bits per heavy atom. The van der Waals surface area contributed by atoms with Crippen molar-refractivity contribution in [3.63, 3.8) is 0 Å². The van der Waals surface area contributed by atoms with Crippen LogP contribution in [0, 0.1) is 18.3 Å². The van der Waals surface area contributed by atoms with Gasteiger partial charge in [-0.3, -0.25) is 5.73 Å². The second-order valence-corrected chi connectivity index (χ2v) is 7.21. The summed E-state index contributed by atoms with van der Waals surface area (Å²) in [5.74, 6) is 1.68. The standard InChI is InChI=1S/C24H24N4O3/c1-5-15-6-9-17(10-7-15)28-24-21(14(2)27-28)22(18(13-25)23(26)31-24)16-8-11-19(29-3)20(12-16)30-4/h6-12,23H,5,26H2,1-4H3. The zero-order valence-corrected chi connectivity index (χ0v) is 18.0. The average molecular weight is 416 g/mol. The molecule has 7 nitrogen and oxygen atoms in total. The number of hydrogen-bond acceptors (Lipinski definition) is 6. The lowest BCUT2D eigenvalue weighted by Crippen LogP contribution is -2.33. The lowest BCUT2D eigenvalue weighted by atomic mass is 9.91. The van der Waals surface area contributed by atoms with Gasteiger partial charge >= 0.3 is 0 Å². The van der Waals surface area contributed by atoms with Crippen molar-refractivity contribution in [2.45, 2.75) is 26.5 Å². The number of nitrogens with two attached hydrogens (primary N) is 1. The summed E-state index contributed by atoms with van der Waals surface area (Å²) in [6.45, 7) is 4.01. The van der Waals surface area contributed by atoms with Crippen LogP contribution in [0.4, 0.5) is 0 Å². The van der Waals surface area contributed by atoms with Crippen LogP contribution in [-0.4, -0.2) is 30.2 Å². The zero-order valence-electron chi connectivity index (χ0n) is 18.0. The Morgan fingerprint density at radius 2 is 1.84 bits per heavy atom. The number of fused-ring (bicyclic) bond motifs is 1. The van der Waals surface area contributed by atoms with Crippen LogP contribution in [0.2, 0.25) is 0 Å². The van der Waals surface area contributed by atoms with Crippen LogP contribution in [0.3, 0.4) is 0 Å². The Labute approximate surface area is 181 Å². The Balaban J connectivity index is 1.93. The van der Waals surface area contributed by atoms with Crippen molar-refractivity contribution in [3.8, 4) is 29.1 Å². The van der Waals surface area contributed by atoms with Crippen molar-refractivity contribution in [2.24, 2.45) is 5.73 Å². The molecule has 1 aliphatic heterocycles. The molecule has 0 saturated carbocycles. The molecule has 3 aromatic rings. The molecule has 1 aliphatic rings. The molecule has 4 rings (SSSR count). The van der Waals surface area contributed by atoms with Gasteiger partial charge in [-0.1, -0.05) is 25.1 Å². The molecular formula is C24H24N4O3. The smallest absolute Gasteiger partial charge is 0.226 e. The van der Waals surface area contributed by atoms with Gasteiger partial charge in [0.1, 0.15) is 6.07 Å². The number of aryl methyl sites for hydroxylation is 2. The highest BCUT2D eigenvalue weighted by molar-refractivity contribution is 5.90. The molecule has 0 radical (unpaired) electrons. The minimum absolute atomic E-state index is 0.337. The Kier molecular flexibility index (Phi) is 5.40. The first-order valence-corrected chi connectivity index (χ1v) is 10.0. The minimum Gasteiger partial charge on any atom is -0.493 e. The number of rotatable bonds is 5. The second-order valence-electron chi connectivity index (χ2n) is 7.21. The average Bonchev–Trinajstić information content (AvgIpc) is 3.13. The number of aromatic nitrogens is 2. The molecule has 1 atom stereocenters. The summed E-state index contributed by atoms with van der Waals surface area (Å²) < 4.78 is 18.5. The fourth-order valence-corrected chi connectivity index (χ4v) is 3.82. The molecule has 2 N–H and O–H groups in total. The van der Waals surface area contributed by atoms with Gasteiger partial charge in [0, 0.05) is 5.57 Å². The number of nitrogens with zero attached hydrogens (tertiary/aromatic N) is 3. The van der Waals surface area contributed by atoms with Crippen molar-refractivity contribution in [1.29, 1.82) is 5.26 Å². The van der Waals surface area contributed by atoms with Crippen molar-refractivity contribution >= 4 is 5.57 Å². The first kappa shape index (κ1) is 20.5. The third kappa shape index (κ3) is 3.41. The van der Waals surface area contributed by atoms with E-state index < -0.39 is 6.23 Å². The van der Waals surface area contributed by atoms with Gasteiger partial charge in [-0.25, -0.2) is 4.68 Å². The van der Waals surface area contributed by atoms with Crippen LogP contribution in [-0.2, 0) is 6.42 Å². The molecule has 7 heteroatoms. The summed E-state index contributed by atoms with van der Waals surface area (Å²) in [4.78, 5) is 0. The minimum atomic E-state index is -0.912. The molecule has 0 saturated heterocycles. The predicted octanol–water partition coefficient (Wildman–Crippen LogP) is 3.76.